The van der Waals surface area contributed by atoms with Crippen molar-refractivity contribution in [3.8, 4) is 0 Å². The zero-order chi connectivity index (χ0) is 12.7. The first-order valence-corrected chi connectivity index (χ1v) is 5.93. The van der Waals surface area contributed by atoms with E-state index >= 15 is 0 Å². The number of amides is 1. The molecule has 96 valence electrons. The van der Waals surface area contributed by atoms with Crippen LogP contribution in [0.1, 0.15) is 20.3 Å². The second kappa shape index (κ2) is 7.63. The van der Waals surface area contributed by atoms with Gasteiger partial charge in [-0.2, -0.15) is 0 Å². The summed E-state index contributed by atoms with van der Waals surface area (Å²) < 4.78 is 0. The van der Waals surface area contributed by atoms with Crippen LogP contribution in [0.4, 0.5) is 0 Å². The maximum Gasteiger partial charge on any atom is 0.236 e. The molecule has 0 N–H and O–H groups in total. The van der Waals surface area contributed by atoms with E-state index in [4.69, 9.17) is 0 Å². The lowest BCUT2D eigenvalue weighted by molar-refractivity contribution is -0.133. The van der Waals surface area contributed by atoms with E-state index < -0.39 is 0 Å². The van der Waals surface area contributed by atoms with Gasteiger partial charge in [0.15, 0.2) is 0 Å². The van der Waals surface area contributed by atoms with Gasteiger partial charge in [0.25, 0.3) is 0 Å². The van der Waals surface area contributed by atoms with Gasteiger partial charge in [-0.25, -0.2) is 0 Å². The molecule has 1 aliphatic heterocycles. The van der Waals surface area contributed by atoms with Crippen LogP contribution in [0.25, 0.3) is 0 Å². The lowest BCUT2D eigenvalue weighted by Gasteiger charge is -2.32. The summed E-state index contributed by atoms with van der Waals surface area (Å²) in [5.41, 5.74) is 0. The van der Waals surface area contributed by atoms with Gasteiger partial charge in [-0.05, 0) is 54.5 Å². The number of carbonyl (C=O) groups excluding carboxylic acids is 1. The Morgan fingerprint density at radius 2 is 1.62 bits per heavy atom. The molecule has 1 fully saturated rings. The molecular formula is C12H27N3O. The summed E-state index contributed by atoms with van der Waals surface area (Å²) >= 11 is 0. The quantitative estimate of drug-likeness (QED) is 0.714. The number of carbonyl (C=O) groups is 1. The number of hydrogen-bond donors (Lipinski definition) is 0. The van der Waals surface area contributed by atoms with Crippen molar-refractivity contribution < 1.29 is 4.79 Å². The monoisotopic (exact) mass is 229 g/mol. The van der Waals surface area contributed by atoms with Crippen LogP contribution in [0.3, 0.4) is 0 Å². The lowest BCUT2D eigenvalue weighted by Crippen LogP contribution is -2.46. The summed E-state index contributed by atoms with van der Waals surface area (Å²) in [4.78, 5) is 17.5. The minimum Gasteiger partial charge on any atom is -0.342 e. The zero-order valence-electron chi connectivity index (χ0n) is 11.7. The second-order valence-corrected chi connectivity index (χ2v) is 5.07. The maximum absolute atomic E-state index is 11.5. The van der Waals surface area contributed by atoms with Crippen molar-refractivity contribution in [3.63, 3.8) is 0 Å². The number of likely N-dealkylation sites (N-methyl/N-ethyl adjacent to an activating group) is 1. The highest BCUT2D eigenvalue weighted by atomic mass is 16.2. The van der Waals surface area contributed by atoms with Crippen molar-refractivity contribution in [1.82, 2.24) is 14.7 Å². The highest BCUT2D eigenvalue weighted by molar-refractivity contribution is 5.78. The Morgan fingerprint density at radius 1 is 1.19 bits per heavy atom. The minimum absolute atomic E-state index is 0.240. The van der Waals surface area contributed by atoms with E-state index in [0.29, 0.717) is 12.6 Å². The second-order valence-electron chi connectivity index (χ2n) is 5.07. The van der Waals surface area contributed by atoms with Crippen LogP contribution < -0.4 is 0 Å². The molecule has 0 unspecified atom stereocenters. The Labute approximate surface area is 100 Å². The van der Waals surface area contributed by atoms with Crippen LogP contribution in [0.5, 0.6) is 0 Å². The highest BCUT2D eigenvalue weighted by Crippen LogP contribution is 2.06. The summed E-state index contributed by atoms with van der Waals surface area (Å²) in [6, 6.07) is 0.318. The molecule has 0 atom stereocenters. The zero-order valence-corrected chi connectivity index (χ0v) is 11.7. The van der Waals surface area contributed by atoms with E-state index in [-0.39, 0.29) is 5.91 Å². The largest absolute Gasteiger partial charge is 0.342 e. The Morgan fingerprint density at radius 3 is 1.88 bits per heavy atom. The predicted octanol–water partition coefficient (Wildman–Crippen LogP) is 0.737. The van der Waals surface area contributed by atoms with Crippen molar-refractivity contribution in [2.24, 2.45) is 0 Å². The standard InChI is InChI=1S/C9H18N2O.C3H9N/c1-8(2)10(3)9(12)7-11-5-4-6-11;1-4(2)3/h8H,4-7H2,1-3H3;1-3H3. The van der Waals surface area contributed by atoms with Crippen molar-refractivity contribution in [3.05, 3.63) is 0 Å². The van der Waals surface area contributed by atoms with Gasteiger partial charge >= 0.3 is 0 Å². The molecule has 1 rings (SSSR count). The first-order chi connectivity index (χ1) is 7.34. The molecule has 1 amide bonds. The average molecular weight is 229 g/mol. The van der Waals surface area contributed by atoms with Crippen molar-refractivity contribution in [2.75, 3.05) is 47.8 Å². The summed E-state index contributed by atoms with van der Waals surface area (Å²) in [6.07, 6.45) is 1.25. The van der Waals surface area contributed by atoms with Crippen molar-refractivity contribution in [2.45, 2.75) is 26.3 Å². The average Bonchev–Trinajstić information content (AvgIpc) is 2.08. The molecule has 1 saturated heterocycles. The molecule has 1 aliphatic rings. The Kier molecular flexibility index (Phi) is 7.34. The summed E-state index contributed by atoms with van der Waals surface area (Å²) in [7, 11) is 7.87. The lowest BCUT2D eigenvalue weighted by atomic mass is 10.2. The number of hydrogen-bond acceptors (Lipinski definition) is 3. The van der Waals surface area contributed by atoms with Crippen molar-refractivity contribution >= 4 is 5.91 Å². The molecule has 4 nitrogen and oxygen atoms in total. The third-order valence-corrected chi connectivity index (χ3v) is 2.48. The molecule has 0 aromatic heterocycles. The van der Waals surface area contributed by atoms with Crippen molar-refractivity contribution in [1.29, 1.82) is 0 Å². The van der Waals surface area contributed by atoms with Crippen LogP contribution >= 0.6 is 0 Å². The van der Waals surface area contributed by atoms with Gasteiger partial charge in [0.1, 0.15) is 0 Å². The normalized spacial score (nSPS) is 15.5. The van der Waals surface area contributed by atoms with Gasteiger partial charge in [-0.1, -0.05) is 0 Å². The van der Waals surface area contributed by atoms with Gasteiger partial charge in [0, 0.05) is 13.1 Å². The van der Waals surface area contributed by atoms with E-state index in [0.717, 1.165) is 13.1 Å². The molecular weight excluding hydrogens is 202 g/mol. The predicted molar refractivity (Wildman–Crippen MR) is 68.6 cm³/mol. The molecule has 4 heteroatoms. The highest BCUT2D eigenvalue weighted by Gasteiger charge is 2.20. The van der Waals surface area contributed by atoms with Gasteiger partial charge in [-0.3, -0.25) is 9.69 Å². The topological polar surface area (TPSA) is 26.8 Å². The molecule has 0 spiro atoms. The van der Waals surface area contributed by atoms with Crippen LogP contribution in [-0.4, -0.2) is 74.5 Å². The van der Waals surface area contributed by atoms with E-state index in [9.17, 15) is 4.79 Å². The SMILES string of the molecule is CC(C)N(C)C(=O)CN1CCC1.CN(C)C. The third-order valence-electron chi connectivity index (χ3n) is 2.48. The number of likely N-dealkylation sites (tertiary alicyclic amines) is 1. The molecule has 0 aromatic rings. The number of rotatable bonds is 3. The fraction of sp³-hybridized carbons (Fsp3) is 0.917. The number of nitrogens with zero attached hydrogens (tertiary/aromatic N) is 3. The molecule has 0 bridgehead atoms. The molecule has 16 heavy (non-hydrogen) atoms. The van der Waals surface area contributed by atoms with E-state index in [1.807, 2.05) is 46.9 Å². The molecule has 0 radical (unpaired) electrons. The molecule has 0 saturated carbocycles. The molecule has 0 aromatic carbocycles. The Balaban J connectivity index is 0.000000487. The van der Waals surface area contributed by atoms with Gasteiger partial charge in [-0.15, -0.1) is 0 Å². The van der Waals surface area contributed by atoms with Crippen LogP contribution in [0, 0.1) is 0 Å². The maximum atomic E-state index is 11.5. The Hall–Kier alpha value is -0.610. The van der Waals surface area contributed by atoms with Gasteiger partial charge in [0.2, 0.25) is 5.91 Å². The molecule has 0 aliphatic carbocycles. The fourth-order valence-electron chi connectivity index (χ4n) is 1.13. The smallest absolute Gasteiger partial charge is 0.236 e. The van der Waals surface area contributed by atoms with Gasteiger partial charge < -0.3 is 9.80 Å². The summed E-state index contributed by atoms with van der Waals surface area (Å²) in [5, 5.41) is 0. The summed E-state index contributed by atoms with van der Waals surface area (Å²) in [5.74, 6) is 0.240. The minimum atomic E-state index is 0.240. The van der Waals surface area contributed by atoms with Crippen LogP contribution in [0.2, 0.25) is 0 Å². The fourth-order valence-corrected chi connectivity index (χ4v) is 1.13. The van der Waals surface area contributed by atoms with Crippen LogP contribution in [0.15, 0.2) is 0 Å². The Bertz CT molecular complexity index is 198. The summed E-state index contributed by atoms with van der Waals surface area (Å²) in [6.45, 7) is 6.87. The van der Waals surface area contributed by atoms with E-state index in [1.165, 1.54) is 6.42 Å². The first kappa shape index (κ1) is 15.4. The van der Waals surface area contributed by atoms with E-state index in [2.05, 4.69) is 4.90 Å². The van der Waals surface area contributed by atoms with Gasteiger partial charge in [0.05, 0.1) is 6.54 Å². The first-order valence-electron chi connectivity index (χ1n) is 5.93. The third kappa shape index (κ3) is 6.80. The van der Waals surface area contributed by atoms with Crippen LogP contribution in [-0.2, 0) is 4.79 Å². The van der Waals surface area contributed by atoms with E-state index in [1.54, 1.807) is 4.90 Å². The molecule has 1 heterocycles.